The zero-order valence-electron chi connectivity index (χ0n) is 17.8. The molecule has 4 aromatic rings. The minimum absolute atomic E-state index is 0.0174. The van der Waals surface area contributed by atoms with Crippen LogP contribution in [0.25, 0.3) is 11.2 Å². The van der Waals surface area contributed by atoms with Gasteiger partial charge in [-0.2, -0.15) is 13.2 Å². The Bertz CT molecular complexity index is 1290. The summed E-state index contributed by atoms with van der Waals surface area (Å²) in [6, 6.07) is 16.3. The molecule has 0 radical (unpaired) electrons. The fourth-order valence-electron chi connectivity index (χ4n) is 3.46. The molecule has 0 aliphatic rings. The van der Waals surface area contributed by atoms with E-state index in [9.17, 15) is 18.0 Å². The zero-order valence-corrected chi connectivity index (χ0v) is 18.6. The number of carbonyl (C=O) groups is 1. The van der Waals surface area contributed by atoms with Crippen LogP contribution in [0.3, 0.4) is 0 Å². The van der Waals surface area contributed by atoms with Crippen LogP contribution < -0.4 is 5.32 Å². The van der Waals surface area contributed by atoms with E-state index in [1.54, 1.807) is 29.0 Å². The summed E-state index contributed by atoms with van der Waals surface area (Å²) in [6.45, 7) is 2.00. The minimum Gasteiger partial charge on any atom is -0.324 e. The van der Waals surface area contributed by atoms with Gasteiger partial charge >= 0.3 is 6.18 Å². The van der Waals surface area contributed by atoms with Crippen molar-refractivity contribution >= 4 is 34.5 Å². The average Bonchev–Trinajstić information content (AvgIpc) is 3.15. The van der Waals surface area contributed by atoms with Gasteiger partial charge in [0.1, 0.15) is 12.1 Å². The molecule has 0 saturated carbocycles. The summed E-state index contributed by atoms with van der Waals surface area (Å²) < 4.78 is 40.8. The van der Waals surface area contributed by atoms with Crippen molar-refractivity contribution in [3.63, 3.8) is 0 Å². The predicted molar refractivity (Wildman–Crippen MR) is 123 cm³/mol. The lowest BCUT2D eigenvalue weighted by molar-refractivity contribution is -0.137. The third-order valence-corrected chi connectivity index (χ3v) is 6.11. The zero-order chi connectivity index (χ0) is 23.4. The normalized spacial score (nSPS) is 11.6. The number of imidazole rings is 1. The molecule has 0 atom stereocenters. The summed E-state index contributed by atoms with van der Waals surface area (Å²) in [5.41, 5.74) is 2.76. The van der Waals surface area contributed by atoms with Crippen LogP contribution in [0, 0.1) is 0 Å². The highest BCUT2D eigenvalue weighted by atomic mass is 32.2. The van der Waals surface area contributed by atoms with Gasteiger partial charge in [0, 0.05) is 17.6 Å². The number of rotatable bonds is 7. The highest BCUT2D eigenvalue weighted by Gasteiger charge is 2.30. The molecule has 33 heavy (non-hydrogen) atoms. The lowest BCUT2D eigenvalue weighted by Gasteiger charge is -2.12. The van der Waals surface area contributed by atoms with Crippen LogP contribution >= 0.6 is 11.8 Å². The van der Waals surface area contributed by atoms with Gasteiger partial charge < -0.3 is 5.32 Å². The quantitative estimate of drug-likeness (QED) is 0.340. The Morgan fingerprint density at radius 2 is 1.91 bits per heavy atom. The SMILES string of the molecule is CCc1ccccc1NC(=O)Cn1c(SCc2cccc(C(F)(F)F)c2)nc2cccnc21. The van der Waals surface area contributed by atoms with Gasteiger partial charge in [0.25, 0.3) is 0 Å². The van der Waals surface area contributed by atoms with E-state index in [0.29, 0.717) is 21.9 Å². The van der Waals surface area contributed by atoms with E-state index in [1.165, 1.54) is 17.8 Å². The third kappa shape index (κ3) is 5.36. The van der Waals surface area contributed by atoms with E-state index < -0.39 is 11.7 Å². The Labute approximate surface area is 193 Å². The molecule has 0 spiro atoms. The van der Waals surface area contributed by atoms with Gasteiger partial charge in [0.2, 0.25) is 5.91 Å². The maximum atomic E-state index is 13.0. The number of halogens is 3. The van der Waals surface area contributed by atoms with Gasteiger partial charge in [-0.05, 0) is 41.8 Å². The first-order valence-corrected chi connectivity index (χ1v) is 11.3. The summed E-state index contributed by atoms with van der Waals surface area (Å²) >= 11 is 1.27. The number of aromatic nitrogens is 3. The number of fused-ring (bicyclic) bond motifs is 1. The highest BCUT2D eigenvalue weighted by Crippen LogP contribution is 2.32. The molecule has 2 heterocycles. The lowest BCUT2D eigenvalue weighted by Crippen LogP contribution is -2.20. The second-order valence-corrected chi connectivity index (χ2v) is 8.31. The summed E-state index contributed by atoms with van der Waals surface area (Å²) in [6.07, 6.45) is -2.00. The van der Waals surface area contributed by atoms with Crippen LogP contribution in [0.1, 0.15) is 23.6 Å². The number of hydrogen-bond donors (Lipinski definition) is 1. The van der Waals surface area contributed by atoms with Crippen LogP contribution in [0.4, 0.5) is 18.9 Å². The van der Waals surface area contributed by atoms with Gasteiger partial charge in [-0.3, -0.25) is 9.36 Å². The fraction of sp³-hybridized carbons (Fsp3) is 0.208. The Hall–Kier alpha value is -3.33. The molecule has 0 aliphatic carbocycles. The number of aryl methyl sites for hydroxylation is 1. The van der Waals surface area contributed by atoms with Crippen LogP contribution in [0.2, 0.25) is 0 Å². The van der Waals surface area contributed by atoms with Crippen LogP contribution in [0.5, 0.6) is 0 Å². The molecule has 2 aromatic heterocycles. The standard InChI is InChI=1S/C24H21F3N4OS/c1-2-17-8-3-4-10-19(17)29-21(32)14-31-22-20(11-6-12-28-22)30-23(31)33-15-16-7-5-9-18(13-16)24(25,26)27/h3-13H,2,14-15H2,1H3,(H,29,32). The first-order chi connectivity index (χ1) is 15.8. The molecule has 170 valence electrons. The van der Waals surface area contributed by atoms with Gasteiger partial charge in [-0.1, -0.05) is 55.1 Å². The van der Waals surface area contributed by atoms with Crippen molar-refractivity contribution < 1.29 is 18.0 Å². The molecule has 5 nitrogen and oxygen atoms in total. The molecule has 0 fully saturated rings. The number of amides is 1. The number of thioether (sulfide) groups is 1. The number of anilines is 1. The van der Waals surface area contributed by atoms with E-state index in [4.69, 9.17) is 0 Å². The van der Waals surface area contributed by atoms with E-state index in [2.05, 4.69) is 15.3 Å². The first-order valence-electron chi connectivity index (χ1n) is 10.3. The molecule has 9 heteroatoms. The first kappa shape index (κ1) is 22.8. The molecule has 0 unspecified atom stereocenters. The fourth-order valence-corrected chi connectivity index (χ4v) is 4.40. The summed E-state index contributed by atoms with van der Waals surface area (Å²) in [5, 5.41) is 3.45. The maximum absolute atomic E-state index is 13.0. The monoisotopic (exact) mass is 470 g/mol. The second kappa shape index (κ2) is 9.66. The lowest BCUT2D eigenvalue weighted by atomic mass is 10.1. The average molecular weight is 471 g/mol. The largest absolute Gasteiger partial charge is 0.416 e. The number of benzene rings is 2. The Morgan fingerprint density at radius 3 is 2.70 bits per heavy atom. The molecule has 0 aliphatic heterocycles. The molecule has 0 bridgehead atoms. The van der Waals surface area contributed by atoms with E-state index in [-0.39, 0.29) is 18.2 Å². The third-order valence-electron chi connectivity index (χ3n) is 5.07. The van der Waals surface area contributed by atoms with E-state index >= 15 is 0 Å². The molecule has 4 rings (SSSR count). The van der Waals surface area contributed by atoms with Crippen molar-refractivity contribution in [3.05, 3.63) is 83.6 Å². The number of alkyl halides is 3. The molecular weight excluding hydrogens is 449 g/mol. The molecule has 1 amide bonds. The number of nitrogens with zero attached hydrogens (tertiary/aromatic N) is 3. The molecule has 2 aromatic carbocycles. The van der Waals surface area contributed by atoms with Crippen LogP contribution in [-0.4, -0.2) is 20.4 Å². The number of nitrogens with one attached hydrogen (secondary N) is 1. The van der Waals surface area contributed by atoms with E-state index in [0.717, 1.165) is 29.8 Å². The molecular formula is C24H21F3N4OS. The molecule has 0 saturated heterocycles. The van der Waals surface area contributed by atoms with Crippen molar-refractivity contribution in [3.8, 4) is 0 Å². The van der Waals surface area contributed by atoms with Crippen molar-refractivity contribution in [2.24, 2.45) is 0 Å². The van der Waals surface area contributed by atoms with Crippen LogP contribution in [0.15, 0.2) is 72.0 Å². The number of pyridine rings is 1. The van der Waals surface area contributed by atoms with Gasteiger partial charge in [0.15, 0.2) is 10.8 Å². The number of hydrogen-bond acceptors (Lipinski definition) is 4. The number of carbonyl (C=O) groups excluding carboxylic acids is 1. The second-order valence-electron chi connectivity index (χ2n) is 7.37. The summed E-state index contributed by atoms with van der Waals surface area (Å²) in [4.78, 5) is 21.8. The van der Waals surface area contributed by atoms with Crippen molar-refractivity contribution in [2.45, 2.75) is 37.0 Å². The highest BCUT2D eigenvalue weighted by molar-refractivity contribution is 7.98. The van der Waals surface area contributed by atoms with Gasteiger partial charge in [-0.15, -0.1) is 0 Å². The molecule has 1 N–H and O–H groups in total. The smallest absolute Gasteiger partial charge is 0.324 e. The number of para-hydroxylation sites is 1. The predicted octanol–water partition coefficient (Wildman–Crippen LogP) is 5.94. The Morgan fingerprint density at radius 1 is 1.09 bits per heavy atom. The van der Waals surface area contributed by atoms with Gasteiger partial charge in [-0.25, -0.2) is 9.97 Å². The Balaban J connectivity index is 1.57. The maximum Gasteiger partial charge on any atom is 0.416 e. The minimum atomic E-state index is -4.40. The van der Waals surface area contributed by atoms with Gasteiger partial charge in [0.05, 0.1) is 5.56 Å². The summed E-state index contributed by atoms with van der Waals surface area (Å²) in [7, 11) is 0. The van der Waals surface area contributed by atoms with E-state index in [1.807, 2.05) is 31.2 Å². The van der Waals surface area contributed by atoms with Crippen molar-refractivity contribution in [2.75, 3.05) is 5.32 Å². The Kier molecular flexibility index (Phi) is 6.69. The van der Waals surface area contributed by atoms with Crippen molar-refractivity contribution in [1.29, 1.82) is 0 Å². The van der Waals surface area contributed by atoms with Crippen LogP contribution in [-0.2, 0) is 29.7 Å². The van der Waals surface area contributed by atoms with Crippen molar-refractivity contribution in [1.82, 2.24) is 14.5 Å². The topological polar surface area (TPSA) is 59.8 Å². The summed E-state index contributed by atoms with van der Waals surface area (Å²) in [5.74, 6) is 0.0369.